The highest BCUT2D eigenvalue weighted by Crippen LogP contribution is 2.13. The molecule has 1 N–H and O–H groups in total. The number of ether oxygens (including phenoxy) is 1. The number of aromatic nitrogens is 1. The summed E-state index contributed by atoms with van der Waals surface area (Å²) in [6.45, 7) is 1.91. The molecule has 0 fully saturated rings. The van der Waals surface area contributed by atoms with Gasteiger partial charge in [-0.25, -0.2) is 4.98 Å². The summed E-state index contributed by atoms with van der Waals surface area (Å²) in [6.07, 6.45) is 1.70. The van der Waals surface area contributed by atoms with E-state index in [0.29, 0.717) is 18.0 Å². The van der Waals surface area contributed by atoms with Crippen LogP contribution in [0, 0.1) is 0 Å². The third-order valence-electron chi connectivity index (χ3n) is 2.60. The summed E-state index contributed by atoms with van der Waals surface area (Å²) in [7, 11) is 0. The minimum Gasteiger partial charge on any atom is -0.481 e. The zero-order chi connectivity index (χ0) is 13.5. The van der Waals surface area contributed by atoms with Crippen molar-refractivity contribution in [1.29, 1.82) is 0 Å². The SMILES string of the molecule is CC[C@H](Oc1ccccc1)C(=O)Nc1ccccn1. The quantitative estimate of drug-likeness (QED) is 0.895. The van der Waals surface area contributed by atoms with Gasteiger partial charge in [-0.3, -0.25) is 4.79 Å². The molecular formula is C15H16N2O2. The number of amides is 1. The lowest BCUT2D eigenvalue weighted by molar-refractivity contribution is -0.122. The Morgan fingerprint density at radius 3 is 2.58 bits per heavy atom. The van der Waals surface area contributed by atoms with Gasteiger partial charge >= 0.3 is 0 Å². The Hall–Kier alpha value is -2.36. The summed E-state index contributed by atoms with van der Waals surface area (Å²) < 4.78 is 5.66. The van der Waals surface area contributed by atoms with Gasteiger partial charge in [0.05, 0.1) is 0 Å². The number of pyridine rings is 1. The summed E-state index contributed by atoms with van der Waals surface area (Å²) in [6, 6.07) is 14.7. The van der Waals surface area contributed by atoms with Gasteiger partial charge in [-0.15, -0.1) is 0 Å². The van der Waals surface area contributed by atoms with Crippen molar-refractivity contribution < 1.29 is 9.53 Å². The molecule has 1 amide bonds. The minimum absolute atomic E-state index is 0.190. The van der Waals surface area contributed by atoms with E-state index in [1.807, 2.05) is 43.3 Å². The Kier molecular flexibility index (Phi) is 4.50. The average molecular weight is 256 g/mol. The summed E-state index contributed by atoms with van der Waals surface area (Å²) in [4.78, 5) is 16.1. The number of carbonyl (C=O) groups excluding carboxylic acids is 1. The monoisotopic (exact) mass is 256 g/mol. The second-order valence-corrected chi connectivity index (χ2v) is 4.03. The summed E-state index contributed by atoms with van der Waals surface area (Å²) in [5, 5.41) is 2.74. The van der Waals surface area contributed by atoms with Crippen LogP contribution in [-0.2, 0) is 4.79 Å². The predicted octanol–water partition coefficient (Wildman–Crippen LogP) is 2.88. The van der Waals surface area contributed by atoms with Crippen molar-refractivity contribution >= 4 is 11.7 Å². The van der Waals surface area contributed by atoms with Crippen molar-refractivity contribution in [3.05, 3.63) is 54.7 Å². The van der Waals surface area contributed by atoms with Crippen molar-refractivity contribution in [2.75, 3.05) is 5.32 Å². The van der Waals surface area contributed by atoms with E-state index in [9.17, 15) is 4.79 Å². The number of hydrogen-bond donors (Lipinski definition) is 1. The molecule has 98 valence electrons. The molecule has 2 aromatic rings. The number of nitrogens with one attached hydrogen (secondary N) is 1. The van der Waals surface area contributed by atoms with E-state index in [2.05, 4.69) is 10.3 Å². The molecule has 1 aromatic heterocycles. The molecule has 1 aromatic carbocycles. The molecule has 19 heavy (non-hydrogen) atoms. The van der Waals surface area contributed by atoms with Gasteiger partial charge in [0.2, 0.25) is 0 Å². The van der Waals surface area contributed by atoms with Crippen LogP contribution in [0.25, 0.3) is 0 Å². The lowest BCUT2D eigenvalue weighted by atomic mass is 10.2. The van der Waals surface area contributed by atoms with Gasteiger partial charge in [0.25, 0.3) is 5.91 Å². The topological polar surface area (TPSA) is 51.2 Å². The lowest BCUT2D eigenvalue weighted by Gasteiger charge is -2.16. The maximum absolute atomic E-state index is 12.1. The van der Waals surface area contributed by atoms with Crippen LogP contribution >= 0.6 is 0 Å². The first-order valence-corrected chi connectivity index (χ1v) is 6.23. The van der Waals surface area contributed by atoms with Crippen LogP contribution in [-0.4, -0.2) is 17.0 Å². The Labute approximate surface area is 112 Å². The first-order valence-electron chi connectivity index (χ1n) is 6.23. The molecule has 0 radical (unpaired) electrons. The highest BCUT2D eigenvalue weighted by atomic mass is 16.5. The fraction of sp³-hybridized carbons (Fsp3) is 0.200. The predicted molar refractivity (Wildman–Crippen MR) is 74.0 cm³/mol. The van der Waals surface area contributed by atoms with E-state index in [4.69, 9.17) is 4.74 Å². The van der Waals surface area contributed by atoms with Crippen LogP contribution in [0.2, 0.25) is 0 Å². The zero-order valence-corrected chi connectivity index (χ0v) is 10.7. The molecule has 0 bridgehead atoms. The first-order chi connectivity index (χ1) is 9.29. The van der Waals surface area contributed by atoms with Gasteiger partial charge < -0.3 is 10.1 Å². The van der Waals surface area contributed by atoms with Crippen LogP contribution in [0.4, 0.5) is 5.82 Å². The Morgan fingerprint density at radius 1 is 1.21 bits per heavy atom. The average Bonchev–Trinajstić information content (AvgIpc) is 2.47. The molecule has 2 rings (SSSR count). The molecule has 4 nitrogen and oxygen atoms in total. The van der Waals surface area contributed by atoms with Crippen LogP contribution in [0.15, 0.2) is 54.7 Å². The molecule has 1 atom stereocenters. The summed E-state index contributed by atoms with van der Waals surface area (Å²) >= 11 is 0. The molecular weight excluding hydrogens is 240 g/mol. The van der Waals surface area contributed by atoms with Crippen LogP contribution in [0.5, 0.6) is 5.75 Å². The molecule has 0 saturated carbocycles. The molecule has 1 heterocycles. The second-order valence-electron chi connectivity index (χ2n) is 4.03. The number of nitrogens with zero attached hydrogens (tertiary/aromatic N) is 1. The molecule has 0 aliphatic heterocycles. The van der Waals surface area contributed by atoms with E-state index >= 15 is 0 Å². The fourth-order valence-electron chi connectivity index (χ4n) is 1.63. The summed E-state index contributed by atoms with van der Waals surface area (Å²) in [5.41, 5.74) is 0. The van der Waals surface area contributed by atoms with Gasteiger partial charge in [-0.05, 0) is 30.7 Å². The number of rotatable bonds is 5. The smallest absolute Gasteiger partial charge is 0.266 e. The van der Waals surface area contributed by atoms with Gasteiger partial charge in [0.1, 0.15) is 11.6 Å². The Balaban J connectivity index is 2.00. The Morgan fingerprint density at radius 2 is 1.95 bits per heavy atom. The zero-order valence-electron chi connectivity index (χ0n) is 10.7. The van der Waals surface area contributed by atoms with Gasteiger partial charge in [0.15, 0.2) is 6.10 Å². The van der Waals surface area contributed by atoms with Gasteiger partial charge in [-0.1, -0.05) is 31.2 Å². The maximum atomic E-state index is 12.1. The van der Waals surface area contributed by atoms with Gasteiger partial charge in [-0.2, -0.15) is 0 Å². The van der Waals surface area contributed by atoms with Crippen molar-refractivity contribution in [2.24, 2.45) is 0 Å². The van der Waals surface area contributed by atoms with E-state index in [0.717, 1.165) is 0 Å². The van der Waals surface area contributed by atoms with E-state index in [-0.39, 0.29) is 5.91 Å². The van der Waals surface area contributed by atoms with Crippen molar-refractivity contribution in [1.82, 2.24) is 4.98 Å². The highest BCUT2D eigenvalue weighted by Gasteiger charge is 2.18. The summed E-state index contributed by atoms with van der Waals surface area (Å²) in [5.74, 6) is 1.03. The third-order valence-corrected chi connectivity index (χ3v) is 2.60. The number of para-hydroxylation sites is 1. The number of anilines is 1. The third kappa shape index (κ3) is 3.81. The van der Waals surface area contributed by atoms with Crippen LogP contribution in [0.3, 0.4) is 0 Å². The van der Waals surface area contributed by atoms with Crippen LogP contribution < -0.4 is 10.1 Å². The molecule has 0 unspecified atom stereocenters. The number of hydrogen-bond acceptors (Lipinski definition) is 3. The van der Waals surface area contributed by atoms with E-state index < -0.39 is 6.10 Å². The number of benzene rings is 1. The molecule has 0 aliphatic carbocycles. The van der Waals surface area contributed by atoms with Crippen molar-refractivity contribution in [3.8, 4) is 5.75 Å². The maximum Gasteiger partial charge on any atom is 0.266 e. The largest absolute Gasteiger partial charge is 0.481 e. The normalized spacial score (nSPS) is 11.6. The van der Waals surface area contributed by atoms with E-state index in [1.165, 1.54) is 0 Å². The lowest BCUT2D eigenvalue weighted by Crippen LogP contribution is -2.32. The molecule has 4 heteroatoms. The fourth-order valence-corrected chi connectivity index (χ4v) is 1.63. The van der Waals surface area contributed by atoms with E-state index in [1.54, 1.807) is 18.3 Å². The highest BCUT2D eigenvalue weighted by molar-refractivity contribution is 5.93. The molecule has 0 saturated heterocycles. The Bertz CT molecular complexity index is 514. The van der Waals surface area contributed by atoms with Gasteiger partial charge in [0, 0.05) is 6.20 Å². The van der Waals surface area contributed by atoms with Crippen LogP contribution in [0.1, 0.15) is 13.3 Å². The van der Waals surface area contributed by atoms with Crippen molar-refractivity contribution in [3.63, 3.8) is 0 Å². The molecule has 0 aliphatic rings. The molecule has 0 spiro atoms. The first kappa shape index (κ1) is 13.1. The minimum atomic E-state index is -0.524. The standard InChI is InChI=1S/C15H16N2O2/c1-2-13(19-12-8-4-3-5-9-12)15(18)17-14-10-6-7-11-16-14/h3-11,13H,2H2,1H3,(H,16,17,18)/t13-/m0/s1. The van der Waals surface area contributed by atoms with Crippen molar-refractivity contribution in [2.45, 2.75) is 19.4 Å². The second kappa shape index (κ2) is 6.54. The number of carbonyl (C=O) groups is 1.